The first kappa shape index (κ1) is 33.7. The maximum Gasteiger partial charge on any atom is 0.242 e. The van der Waals surface area contributed by atoms with Crippen molar-refractivity contribution in [3.05, 3.63) is 0 Å². The van der Waals surface area contributed by atoms with E-state index in [0.29, 0.717) is 34.8 Å². The maximum atomic E-state index is 11.9. The van der Waals surface area contributed by atoms with Gasteiger partial charge in [-0.05, 0) is 0 Å². The van der Waals surface area contributed by atoms with Gasteiger partial charge < -0.3 is 16.0 Å². The summed E-state index contributed by atoms with van der Waals surface area (Å²) in [5, 5.41) is 37.3. The Morgan fingerprint density at radius 1 is 0.486 bits per heavy atom. The van der Waals surface area contributed by atoms with Crippen LogP contribution in [0, 0.1) is 0 Å². The van der Waals surface area contributed by atoms with Gasteiger partial charge in [-0.2, -0.15) is 0 Å². The van der Waals surface area contributed by atoms with Crippen molar-refractivity contribution in [2.75, 3.05) is 58.9 Å². The maximum absolute atomic E-state index is 11.9. The quantitative estimate of drug-likeness (QED) is 0.0806. The van der Waals surface area contributed by atoms with E-state index < -0.39 is 17.7 Å². The molecule has 0 atom stereocenters. The van der Waals surface area contributed by atoms with Gasteiger partial charge in [-0.3, -0.25) is 49.3 Å². The van der Waals surface area contributed by atoms with Crippen molar-refractivity contribution in [1.82, 2.24) is 36.0 Å². The van der Waals surface area contributed by atoms with Crippen molar-refractivity contribution in [3.63, 3.8) is 0 Å². The molecule has 16 heteroatoms. The Bertz CT molecular complexity index is 682. The molecule has 0 fully saturated rings. The zero-order valence-corrected chi connectivity index (χ0v) is 21.6. The SMILES string of the molecule is CC(=O)N(O)CCC(=O)NCCN(CCNC(=O)CCN(O)C(C)=O)CCNC(=O)CCN(O)C(C)=O. The molecular weight excluding hydrogens is 494 g/mol. The molecule has 0 aromatic heterocycles. The van der Waals surface area contributed by atoms with E-state index in [2.05, 4.69) is 16.0 Å². The zero-order valence-electron chi connectivity index (χ0n) is 21.6. The molecule has 37 heavy (non-hydrogen) atoms. The van der Waals surface area contributed by atoms with Gasteiger partial charge in [0.15, 0.2) is 0 Å². The molecule has 0 saturated carbocycles. The summed E-state index contributed by atoms with van der Waals surface area (Å²) in [5.41, 5.74) is 0. The Balaban J connectivity index is 4.58. The van der Waals surface area contributed by atoms with Crippen LogP contribution in [0.5, 0.6) is 0 Å². The fraction of sp³-hybridized carbons (Fsp3) is 0.714. The molecule has 0 saturated heterocycles. The first-order valence-electron chi connectivity index (χ1n) is 11.8. The fourth-order valence-corrected chi connectivity index (χ4v) is 2.76. The van der Waals surface area contributed by atoms with Crippen LogP contribution in [0.25, 0.3) is 0 Å². The van der Waals surface area contributed by atoms with E-state index in [1.54, 1.807) is 0 Å². The van der Waals surface area contributed by atoms with Gasteiger partial charge in [0.1, 0.15) is 0 Å². The van der Waals surface area contributed by atoms with Gasteiger partial charge >= 0.3 is 0 Å². The molecule has 0 aromatic rings. The molecule has 0 aromatic carbocycles. The van der Waals surface area contributed by atoms with Gasteiger partial charge in [-0.15, -0.1) is 0 Å². The summed E-state index contributed by atoms with van der Waals surface area (Å²) in [6.45, 7) is 4.81. The Labute approximate surface area is 215 Å². The van der Waals surface area contributed by atoms with Crippen molar-refractivity contribution in [2.24, 2.45) is 0 Å². The minimum absolute atomic E-state index is 0.0908. The summed E-state index contributed by atoms with van der Waals surface area (Å²) in [6.07, 6.45) is -0.272. The lowest BCUT2D eigenvalue weighted by molar-refractivity contribution is -0.163. The third-order valence-electron chi connectivity index (χ3n) is 4.99. The second-order valence-electron chi connectivity index (χ2n) is 8.07. The van der Waals surface area contributed by atoms with Crippen LogP contribution in [0.2, 0.25) is 0 Å². The highest BCUT2D eigenvalue weighted by Crippen LogP contribution is 1.93. The van der Waals surface area contributed by atoms with E-state index in [1.807, 2.05) is 4.90 Å². The smallest absolute Gasteiger partial charge is 0.242 e. The lowest BCUT2D eigenvalue weighted by Gasteiger charge is -2.23. The molecule has 0 bridgehead atoms. The Morgan fingerprint density at radius 2 is 0.730 bits per heavy atom. The van der Waals surface area contributed by atoms with Crippen LogP contribution in [0.1, 0.15) is 40.0 Å². The monoisotopic (exact) mass is 533 g/mol. The normalized spacial score (nSPS) is 10.5. The van der Waals surface area contributed by atoms with Gasteiger partial charge in [-0.1, -0.05) is 0 Å². The standard InChI is InChI=1S/C21H39N7O9/c1-16(29)26(35)10-4-19(32)22-7-13-25(14-8-23-20(33)5-11-27(36)17(2)30)15-9-24-21(34)6-12-28(37)18(3)31/h35-37H,4-15H2,1-3H3,(H,22,32)(H,23,33)(H,24,34). The zero-order chi connectivity index (χ0) is 28.4. The molecule has 0 spiro atoms. The van der Waals surface area contributed by atoms with E-state index in [1.165, 1.54) is 20.8 Å². The molecule has 0 radical (unpaired) electrons. The molecule has 0 aliphatic heterocycles. The third kappa shape index (κ3) is 17.7. The number of carbonyl (C=O) groups excluding carboxylic acids is 6. The van der Waals surface area contributed by atoms with Crippen molar-refractivity contribution in [3.8, 4) is 0 Å². The molecule has 16 nitrogen and oxygen atoms in total. The highest BCUT2D eigenvalue weighted by atomic mass is 16.5. The number of carbonyl (C=O) groups is 6. The number of nitrogens with one attached hydrogen (secondary N) is 3. The molecular formula is C21H39N7O9. The summed E-state index contributed by atoms with van der Waals surface area (Å²) < 4.78 is 0. The topological polar surface area (TPSA) is 212 Å². The second-order valence-corrected chi connectivity index (χ2v) is 8.07. The lowest BCUT2D eigenvalue weighted by atomic mass is 10.3. The van der Waals surface area contributed by atoms with E-state index in [0.717, 1.165) is 0 Å². The van der Waals surface area contributed by atoms with Crippen LogP contribution in [0.3, 0.4) is 0 Å². The highest BCUT2D eigenvalue weighted by molar-refractivity contribution is 5.78. The largest absolute Gasteiger partial charge is 0.355 e. The number of nitrogens with zero attached hydrogens (tertiary/aromatic N) is 4. The molecule has 0 rings (SSSR count). The molecule has 0 aliphatic carbocycles. The van der Waals surface area contributed by atoms with Crippen LogP contribution in [0.4, 0.5) is 0 Å². The van der Waals surface area contributed by atoms with Crippen LogP contribution < -0.4 is 16.0 Å². The van der Waals surface area contributed by atoms with Crippen LogP contribution in [-0.4, -0.2) is 130 Å². The van der Waals surface area contributed by atoms with Crippen molar-refractivity contribution < 1.29 is 44.4 Å². The summed E-state index contributed by atoms with van der Waals surface area (Å²) in [4.78, 5) is 70.6. The van der Waals surface area contributed by atoms with E-state index in [-0.39, 0.29) is 76.3 Å². The van der Waals surface area contributed by atoms with E-state index in [4.69, 9.17) is 0 Å². The predicted octanol–water partition coefficient (Wildman–Crippen LogP) is -2.48. The van der Waals surface area contributed by atoms with Gasteiger partial charge in [-0.25, -0.2) is 15.2 Å². The molecule has 212 valence electrons. The molecule has 0 heterocycles. The number of hydrogen-bond donors (Lipinski definition) is 6. The summed E-state index contributed by atoms with van der Waals surface area (Å²) in [6, 6.07) is 0. The first-order chi connectivity index (χ1) is 17.3. The highest BCUT2D eigenvalue weighted by Gasteiger charge is 2.13. The van der Waals surface area contributed by atoms with Crippen molar-refractivity contribution in [2.45, 2.75) is 40.0 Å². The van der Waals surface area contributed by atoms with Crippen LogP contribution >= 0.6 is 0 Å². The Hall–Kier alpha value is -3.34. The predicted molar refractivity (Wildman–Crippen MR) is 127 cm³/mol. The fourth-order valence-electron chi connectivity index (χ4n) is 2.76. The third-order valence-corrected chi connectivity index (χ3v) is 4.99. The molecule has 0 unspecified atom stereocenters. The average Bonchev–Trinajstić information content (AvgIpc) is 2.83. The summed E-state index contributed by atoms with van der Waals surface area (Å²) >= 11 is 0. The van der Waals surface area contributed by atoms with Gasteiger partial charge in [0.2, 0.25) is 35.4 Å². The van der Waals surface area contributed by atoms with Gasteiger partial charge in [0.05, 0.1) is 19.6 Å². The number of hydrogen-bond acceptors (Lipinski definition) is 10. The van der Waals surface area contributed by atoms with Gasteiger partial charge in [0.25, 0.3) is 0 Å². The Kier molecular flexibility index (Phi) is 17.2. The number of hydroxylamine groups is 6. The van der Waals surface area contributed by atoms with Crippen molar-refractivity contribution >= 4 is 35.4 Å². The minimum Gasteiger partial charge on any atom is -0.355 e. The van der Waals surface area contributed by atoms with Crippen molar-refractivity contribution in [1.29, 1.82) is 0 Å². The first-order valence-corrected chi connectivity index (χ1v) is 11.8. The lowest BCUT2D eigenvalue weighted by Crippen LogP contribution is -2.43. The Morgan fingerprint density at radius 3 is 0.946 bits per heavy atom. The summed E-state index contributed by atoms with van der Waals surface area (Å²) in [5.74, 6) is -2.86. The minimum atomic E-state index is -0.580. The molecule has 0 aliphatic rings. The second kappa shape index (κ2) is 18.9. The average molecular weight is 534 g/mol. The van der Waals surface area contributed by atoms with Crippen LogP contribution in [-0.2, 0) is 28.8 Å². The van der Waals surface area contributed by atoms with Gasteiger partial charge in [0, 0.05) is 79.3 Å². The van der Waals surface area contributed by atoms with E-state index in [9.17, 15) is 44.4 Å². The number of amides is 6. The van der Waals surface area contributed by atoms with E-state index >= 15 is 0 Å². The summed E-state index contributed by atoms with van der Waals surface area (Å²) in [7, 11) is 0. The number of rotatable bonds is 18. The molecule has 6 N–H and O–H groups in total. The molecule has 6 amide bonds. The van der Waals surface area contributed by atoms with Crippen LogP contribution in [0.15, 0.2) is 0 Å².